The van der Waals surface area contributed by atoms with Crippen molar-refractivity contribution in [2.45, 2.75) is 11.7 Å². The fourth-order valence-corrected chi connectivity index (χ4v) is 4.09. The summed E-state index contributed by atoms with van der Waals surface area (Å²) in [4.78, 5) is 16.9. The average molecular weight is 467 g/mol. The minimum atomic E-state index is -0.319. The van der Waals surface area contributed by atoms with E-state index in [0.717, 1.165) is 16.6 Å². The van der Waals surface area contributed by atoms with Crippen molar-refractivity contribution >= 4 is 46.5 Å². The van der Waals surface area contributed by atoms with E-state index in [1.165, 1.54) is 36.2 Å². The second-order valence-electron chi connectivity index (χ2n) is 6.89. The van der Waals surface area contributed by atoms with Crippen LogP contribution in [0, 0.1) is 0 Å². The summed E-state index contributed by atoms with van der Waals surface area (Å²) in [5.74, 6) is -0.406. The van der Waals surface area contributed by atoms with Crippen molar-refractivity contribution in [2.75, 3.05) is 5.75 Å². The molecule has 3 N–H and O–H groups in total. The molecule has 3 aromatic carbocycles. The highest BCUT2D eigenvalue weighted by atomic mass is 35.5. The first-order valence-corrected chi connectivity index (χ1v) is 11.0. The molecule has 0 spiro atoms. The molecule has 1 heterocycles. The topological polar surface area (TPSA) is 99.7 Å². The number of imidazole rings is 1. The molecule has 0 fully saturated rings. The number of aromatic hydroxyl groups is 2. The highest BCUT2D eigenvalue weighted by Crippen LogP contribution is 2.27. The number of halogens is 1. The zero-order chi connectivity index (χ0) is 22.5. The number of aromatic nitrogens is 2. The molecule has 9 heteroatoms. The smallest absolute Gasteiger partial charge is 0.250 e. The normalized spacial score (nSPS) is 11.3. The van der Waals surface area contributed by atoms with E-state index in [0.29, 0.717) is 22.3 Å². The first kappa shape index (κ1) is 21.7. The molecule has 0 saturated heterocycles. The fraction of sp³-hybridized carbons (Fsp3) is 0.0870. The Kier molecular flexibility index (Phi) is 6.63. The summed E-state index contributed by atoms with van der Waals surface area (Å²) in [6.07, 6.45) is 1.31. The number of hydrogen-bond donors (Lipinski definition) is 3. The van der Waals surface area contributed by atoms with Gasteiger partial charge < -0.3 is 14.8 Å². The van der Waals surface area contributed by atoms with E-state index in [4.69, 9.17) is 11.6 Å². The maximum atomic E-state index is 12.3. The van der Waals surface area contributed by atoms with Gasteiger partial charge in [-0.1, -0.05) is 53.7 Å². The van der Waals surface area contributed by atoms with Gasteiger partial charge in [0.2, 0.25) is 0 Å². The molecule has 4 aromatic rings. The van der Waals surface area contributed by atoms with Crippen LogP contribution in [0.2, 0.25) is 5.02 Å². The molecule has 1 amide bonds. The van der Waals surface area contributed by atoms with Crippen LogP contribution in [0.3, 0.4) is 0 Å². The Morgan fingerprint density at radius 2 is 1.91 bits per heavy atom. The molecule has 7 nitrogen and oxygen atoms in total. The molecular weight excluding hydrogens is 448 g/mol. The van der Waals surface area contributed by atoms with Gasteiger partial charge in [0.25, 0.3) is 5.91 Å². The predicted octanol–water partition coefficient (Wildman–Crippen LogP) is 4.39. The van der Waals surface area contributed by atoms with Crippen LogP contribution in [-0.2, 0) is 11.3 Å². The van der Waals surface area contributed by atoms with Gasteiger partial charge in [-0.2, -0.15) is 5.10 Å². The van der Waals surface area contributed by atoms with Gasteiger partial charge >= 0.3 is 0 Å². The summed E-state index contributed by atoms with van der Waals surface area (Å²) >= 11 is 7.65. The van der Waals surface area contributed by atoms with Crippen LogP contribution in [0.1, 0.15) is 11.1 Å². The van der Waals surface area contributed by atoms with Crippen LogP contribution in [-0.4, -0.2) is 37.6 Å². The number of thioether (sulfide) groups is 1. The van der Waals surface area contributed by atoms with Crippen LogP contribution in [0.25, 0.3) is 11.0 Å². The Labute approximate surface area is 193 Å². The third-order valence-corrected chi connectivity index (χ3v) is 5.99. The highest BCUT2D eigenvalue weighted by Gasteiger charge is 2.14. The van der Waals surface area contributed by atoms with Crippen LogP contribution in [0.4, 0.5) is 0 Å². The van der Waals surface area contributed by atoms with E-state index >= 15 is 0 Å². The SMILES string of the molecule is O=C(CSc1nc2ccccc2n1Cc1ccccc1Cl)N/N=C\c1ccc(O)cc1O. The van der Waals surface area contributed by atoms with Gasteiger partial charge in [0.05, 0.1) is 29.5 Å². The molecule has 0 unspecified atom stereocenters. The van der Waals surface area contributed by atoms with Gasteiger partial charge in [0, 0.05) is 16.7 Å². The molecule has 4 rings (SSSR count). The lowest BCUT2D eigenvalue weighted by Gasteiger charge is -2.10. The Hall–Kier alpha value is -3.49. The Bertz CT molecular complexity index is 1310. The number of nitrogens with zero attached hydrogens (tertiary/aromatic N) is 3. The fourth-order valence-electron chi connectivity index (χ4n) is 3.09. The van der Waals surface area contributed by atoms with Gasteiger partial charge in [0.15, 0.2) is 5.16 Å². The number of carbonyl (C=O) groups excluding carboxylic acids is 1. The maximum Gasteiger partial charge on any atom is 0.250 e. The lowest BCUT2D eigenvalue weighted by Crippen LogP contribution is -2.20. The molecular formula is C23H19ClN4O3S. The van der Waals surface area contributed by atoms with Gasteiger partial charge in [-0.05, 0) is 35.9 Å². The molecule has 162 valence electrons. The van der Waals surface area contributed by atoms with Crippen LogP contribution in [0.5, 0.6) is 11.5 Å². The second kappa shape index (κ2) is 9.76. The summed E-state index contributed by atoms with van der Waals surface area (Å²) in [5, 5.41) is 24.3. The van der Waals surface area contributed by atoms with Gasteiger partial charge in [-0.25, -0.2) is 10.4 Å². The molecule has 32 heavy (non-hydrogen) atoms. The van der Waals surface area contributed by atoms with Crippen molar-refractivity contribution in [2.24, 2.45) is 5.10 Å². The van der Waals surface area contributed by atoms with Crippen molar-refractivity contribution in [1.82, 2.24) is 15.0 Å². The van der Waals surface area contributed by atoms with Crippen molar-refractivity contribution in [3.63, 3.8) is 0 Å². The zero-order valence-electron chi connectivity index (χ0n) is 16.8. The molecule has 0 aliphatic rings. The first-order chi connectivity index (χ1) is 15.5. The number of nitrogens with one attached hydrogen (secondary N) is 1. The number of carbonyl (C=O) groups is 1. The van der Waals surface area contributed by atoms with Gasteiger partial charge in [-0.15, -0.1) is 0 Å². The minimum Gasteiger partial charge on any atom is -0.508 e. The molecule has 0 aliphatic carbocycles. The molecule has 0 atom stereocenters. The van der Waals surface area contributed by atoms with Crippen molar-refractivity contribution in [1.29, 1.82) is 0 Å². The molecule has 0 saturated carbocycles. The summed E-state index contributed by atoms with van der Waals surface area (Å²) in [6, 6.07) is 19.5. The number of phenols is 2. The molecule has 0 radical (unpaired) electrons. The largest absolute Gasteiger partial charge is 0.508 e. The van der Waals surface area contributed by atoms with E-state index in [1.54, 1.807) is 0 Å². The molecule has 0 bridgehead atoms. The number of amides is 1. The maximum absolute atomic E-state index is 12.3. The summed E-state index contributed by atoms with van der Waals surface area (Å²) in [5.41, 5.74) is 5.56. The number of hydrazone groups is 1. The Morgan fingerprint density at radius 3 is 2.72 bits per heavy atom. The monoisotopic (exact) mass is 466 g/mol. The summed E-state index contributed by atoms with van der Waals surface area (Å²) in [6.45, 7) is 0.530. The number of para-hydroxylation sites is 2. The zero-order valence-corrected chi connectivity index (χ0v) is 18.3. The highest BCUT2D eigenvalue weighted by molar-refractivity contribution is 7.99. The third-order valence-electron chi connectivity index (χ3n) is 4.65. The Morgan fingerprint density at radius 1 is 1.12 bits per heavy atom. The quantitative estimate of drug-likeness (QED) is 0.213. The summed E-state index contributed by atoms with van der Waals surface area (Å²) in [7, 11) is 0. The van der Waals surface area contributed by atoms with Crippen molar-refractivity contribution < 1.29 is 15.0 Å². The van der Waals surface area contributed by atoms with E-state index < -0.39 is 0 Å². The van der Waals surface area contributed by atoms with E-state index in [2.05, 4.69) is 15.5 Å². The standard InChI is InChI=1S/C23H19ClN4O3S/c24-18-6-2-1-5-16(18)13-28-20-8-4-3-7-19(20)26-23(28)32-14-22(31)27-25-12-15-9-10-17(29)11-21(15)30/h1-12,29-30H,13-14H2,(H,27,31)/b25-12-. The summed E-state index contributed by atoms with van der Waals surface area (Å²) < 4.78 is 2.03. The third kappa shape index (κ3) is 5.04. The van der Waals surface area contributed by atoms with E-state index in [1.807, 2.05) is 53.1 Å². The number of phenolic OH excluding ortho intramolecular Hbond substituents is 2. The second-order valence-corrected chi connectivity index (χ2v) is 8.24. The predicted molar refractivity (Wildman–Crippen MR) is 127 cm³/mol. The van der Waals surface area contributed by atoms with Crippen molar-refractivity contribution in [3.05, 3.63) is 82.9 Å². The number of hydrogen-bond acceptors (Lipinski definition) is 6. The number of benzene rings is 3. The van der Waals surface area contributed by atoms with Crippen molar-refractivity contribution in [3.8, 4) is 11.5 Å². The lowest BCUT2D eigenvalue weighted by atomic mass is 10.2. The Balaban J connectivity index is 1.46. The number of fused-ring (bicyclic) bond motifs is 1. The van der Waals surface area contributed by atoms with Gasteiger partial charge in [0.1, 0.15) is 11.5 Å². The molecule has 1 aromatic heterocycles. The average Bonchev–Trinajstić information content (AvgIpc) is 3.13. The van der Waals surface area contributed by atoms with Crippen LogP contribution < -0.4 is 5.43 Å². The lowest BCUT2D eigenvalue weighted by molar-refractivity contribution is -0.118. The van der Waals surface area contributed by atoms with Crippen LogP contribution >= 0.6 is 23.4 Å². The minimum absolute atomic E-state index is 0.0558. The van der Waals surface area contributed by atoms with E-state index in [-0.39, 0.29) is 23.2 Å². The van der Waals surface area contributed by atoms with E-state index in [9.17, 15) is 15.0 Å². The molecule has 0 aliphatic heterocycles. The van der Waals surface area contributed by atoms with Crippen LogP contribution in [0.15, 0.2) is 77.0 Å². The first-order valence-electron chi connectivity index (χ1n) is 9.66. The number of rotatable bonds is 7. The van der Waals surface area contributed by atoms with Gasteiger partial charge in [-0.3, -0.25) is 4.79 Å².